The van der Waals surface area contributed by atoms with E-state index in [2.05, 4.69) is 24.5 Å². The van der Waals surface area contributed by atoms with Gasteiger partial charge in [0.15, 0.2) is 11.3 Å². The lowest BCUT2D eigenvalue weighted by Crippen LogP contribution is -2.63. The van der Waals surface area contributed by atoms with Gasteiger partial charge in [0.05, 0.1) is 6.61 Å². The van der Waals surface area contributed by atoms with Gasteiger partial charge in [-0.3, -0.25) is 0 Å². The van der Waals surface area contributed by atoms with Crippen LogP contribution >= 0.6 is 12.2 Å². The summed E-state index contributed by atoms with van der Waals surface area (Å²) >= 11 is 5.24. The van der Waals surface area contributed by atoms with Crippen LogP contribution in [-0.2, 0) is 4.74 Å². The van der Waals surface area contributed by atoms with E-state index in [0.717, 1.165) is 11.3 Å². The highest BCUT2D eigenvalue weighted by atomic mass is 32.1. The fraction of sp³-hybridized carbons (Fsp3) is 0.562. The van der Waals surface area contributed by atoms with Gasteiger partial charge in [0, 0.05) is 5.69 Å². The lowest BCUT2D eigenvalue weighted by atomic mass is 9.98. The van der Waals surface area contributed by atoms with Crippen LogP contribution in [0.3, 0.4) is 0 Å². The van der Waals surface area contributed by atoms with Crippen molar-refractivity contribution in [2.75, 3.05) is 11.9 Å². The number of benzene rings is 1. The normalized spacial score (nSPS) is 30.2. The minimum atomic E-state index is -1.45. The molecule has 0 bridgehead atoms. The van der Waals surface area contributed by atoms with Gasteiger partial charge in [-0.25, -0.2) is 0 Å². The van der Waals surface area contributed by atoms with Gasteiger partial charge in [0.1, 0.15) is 24.4 Å². The summed E-state index contributed by atoms with van der Waals surface area (Å²) in [5.41, 5.74) is 1.91. The van der Waals surface area contributed by atoms with Crippen molar-refractivity contribution in [2.24, 2.45) is 0 Å². The standard InChI is InChI=1S/C16H24N2O5S/c1-8(2)9-5-3-4-6-10(9)17-16(24)18-15-14(22)13(21)12(20)11(7-19)23-15/h3-6,8,11-15,19-22H,7H2,1-2H3,(H2,17,18,24). The molecule has 7 nitrogen and oxygen atoms in total. The van der Waals surface area contributed by atoms with E-state index in [1.807, 2.05) is 24.3 Å². The van der Waals surface area contributed by atoms with E-state index in [-0.39, 0.29) is 5.11 Å². The van der Waals surface area contributed by atoms with Crippen LogP contribution in [0.1, 0.15) is 25.3 Å². The summed E-state index contributed by atoms with van der Waals surface area (Å²) < 4.78 is 5.37. The summed E-state index contributed by atoms with van der Waals surface area (Å²) in [6.07, 6.45) is -6.26. The number of aliphatic hydroxyl groups is 4. The molecule has 1 aliphatic rings. The molecule has 2 rings (SSSR count). The minimum Gasteiger partial charge on any atom is -0.394 e. The molecular formula is C16H24N2O5S. The van der Waals surface area contributed by atoms with E-state index in [1.165, 1.54) is 0 Å². The van der Waals surface area contributed by atoms with E-state index in [0.29, 0.717) is 5.92 Å². The SMILES string of the molecule is CC(C)c1ccccc1NC(=S)NC1OC(CO)C(O)C(O)C1O. The monoisotopic (exact) mass is 356 g/mol. The van der Waals surface area contributed by atoms with Crippen LogP contribution in [0, 0.1) is 0 Å². The van der Waals surface area contributed by atoms with E-state index in [9.17, 15) is 20.4 Å². The van der Waals surface area contributed by atoms with E-state index < -0.39 is 37.3 Å². The van der Waals surface area contributed by atoms with Gasteiger partial charge in [-0.1, -0.05) is 32.0 Å². The Kier molecular flexibility index (Phi) is 6.50. The maximum atomic E-state index is 10.0. The number of ether oxygens (including phenoxy) is 1. The summed E-state index contributed by atoms with van der Waals surface area (Å²) in [6, 6.07) is 7.69. The van der Waals surface area contributed by atoms with Crippen LogP contribution < -0.4 is 10.6 Å². The number of aliphatic hydroxyl groups excluding tert-OH is 4. The molecule has 8 heteroatoms. The largest absolute Gasteiger partial charge is 0.394 e. The van der Waals surface area contributed by atoms with Crippen LogP contribution in [-0.4, -0.2) is 62.8 Å². The van der Waals surface area contributed by atoms with Crippen LogP contribution in [0.25, 0.3) is 0 Å². The minimum absolute atomic E-state index is 0.201. The van der Waals surface area contributed by atoms with Gasteiger partial charge in [-0.2, -0.15) is 0 Å². The summed E-state index contributed by atoms with van der Waals surface area (Å²) in [5.74, 6) is 0.295. The molecule has 5 atom stereocenters. The van der Waals surface area contributed by atoms with Crippen LogP contribution in [0.2, 0.25) is 0 Å². The Morgan fingerprint density at radius 1 is 1.17 bits per heavy atom. The lowest BCUT2D eigenvalue weighted by molar-refractivity contribution is -0.232. The Morgan fingerprint density at radius 2 is 1.83 bits per heavy atom. The van der Waals surface area contributed by atoms with E-state index in [1.54, 1.807) is 0 Å². The molecule has 134 valence electrons. The van der Waals surface area contributed by atoms with Gasteiger partial charge >= 0.3 is 0 Å². The van der Waals surface area contributed by atoms with Crippen molar-refractivity contribution < 1.29 is 25.2 Å². The van der Waals surface area contributed by atoms with Gasteiger partial charge in [0.25, 0.3) is 0 Å². The summed E-state index contributed by atoms with van der Waals surface area (Å²) in [5, 5.41) is 44.8. The van der Waals surface area contributed by atoms with E-state index >= 15 is 0 Å². The van der Waals surface area contributed by atoms with Crippen LogP contribution in [0.4, 0.5) is 5.69 Å². The molecule has 1 fully saturated rings. The molecule has 1 heterocycles. The molecule has 1 saturated heterocycles. The average molecular weight is 356 g/mol. The first kappa shape index (κ1) is 19.0. The Morgan fingerprint density at radius 3 is 2.46 bits per heavy atom. The quantitative estimate of drug-likeness (QED) is 0.415. The third-order valence-electron chi connectivity index (χ3n) is 4.00. The topological polar surface area (TPSA) is 114 Å². The van der Waals surface area contributed by atoms with E-state index in [4.69, 9.17) is 17.0 Å². The molecule has 6 N–H and O–H groups in total. The fourth-order valence-corrected chi connectivity index (χ4v) is 2.85. The zero-order valence-electron chi connectivity index (χ0n) is 13.6. The first-order chi connectivity index (χ1) is 11.3. The Balaban J connectivity index is 2.04. The van der Waals surface area contributed by atoms with Crippen molar-refractivity contribution in [2.45, 2.75) is 50.4 Å². The lowest BCUT2D eigenvalue weighted by Gasteiger charge is -2.40. The average Bonchev–Trinajstić information content (AvgIpc) is 2.55. The number of anilines is 1. The molecule has 0 spiro atoms. The highest BCUT2D eigenvalue weighted by Crippen LogP contribution is 2.24. The molecular weight excluding hydrogens is 332 g/mol. The molecule has 1 aliphatic heterocycles. The summed E-state index contributed by atoms with van der Waals surface area (Å²) in [6.45, 7) is 3.64. The number of para-hydroxylation sites is 1. The molecule has 0 saturated carbocycles. The van der Waals surface area contributed by atoms with Gasteiger partial charge in [-0.15, -0.1) is 0 Å². The number of hydrogen-bond donors (Lipinski definition) is 6. The van der Waals surface area contributed by atoms with Gasteiger partial charge < -0.3 is 35.8 Å². The van der Waals surface area contributed by atoms with Crippen molar-refractivity contribution >= 4 is 23.0 Å². The van der Waals surface area contributed by atoms with Gasteiger partial charge in [-0.05, 0) is 29.8 Å². The molecule has 0 amide bonds. The van der Waals surface area contributed by atoms with Crippen molar-refractivity contribution in [3.8, 4) is 0 Å². The molecule has 0 aromatic heterocycles. The molecule has 1 aromatic carbocycles. The summed E-state index contributed by atoms with van der Waals surface area (Å²) in [4.78, 5) is 0. The molecule has 1 aromatic rings. The van der Waals surface area contributed by atoms with Gasteiger partial charge in [0.2, 0.25) is 0 Å². The predicted molar refractivity (Wildman–Crippen MR) is 93.7 cm³/mol. The van der Waals surface area contributed by atoms with Crippen molar-refractivity contribution in [1.82, 2.24) is 5.32 Å². The highest BCUT2D eigenvalue weighted by Gasteiger charge is 2.43. The van der Waals surface area contributed by atoms with Crippen molar-refractivity contribution in [1.29, 1.82) is 0 Å². The molecule has 0 aliphatic carbocycles. The fourth-order valence-electron chi connectivity index (χ4n) is 2.62. The zero-order valence-corrected chi connectivity index (χ0v) is 14.4. The maximum Gasteiger partial charge on any atom is 0.172 e. The number of nitrogens with one attached hydrogen (secondary N) is 2. The smallest absolute Gasteiger partial charge is 0.172 e. The van der Waals surface area contributed by atoms with Crippen molar-refractivity contribution in [3.05, 3.63) is 29.8 Å². The second-order valence-electron chi connectivity index (χ2n) is 6.09. The zero-order chi connectivity index (χ0) is 17.9. The van der Waals surface area contributed by atoms with Crippen LogP contribution in [0.15, 0.2) is 24.3 Å². The molecule has 24 heavy (non-hydrogen) atoms. The predicted octanol–water partition coefficient (Wildman–Crippen LogP) is -0.104. The number of rotatable bonds is 4. The van der Waals surface area contributed by atoms with Crippen LogP contribution in [0.5, 0.6) is 0 Å². The highest BCUT2D eigenvalue weighted by molar-refractivity contribution is 7.80. The molecule has 0 radical (unpaired) electrons. The first-order valence-electron chi connectivity index (χ1n) is 7.82. The third-order valence-corrected chi connectivity index (χ3v) is 4.22. The maximum absolute atomic E-state index is 10.0. The van der Waals surface area contributed by atoms with Crippen molar-refractivity contribution in [3.63, 3.8) is 0 Å². The number of hydrogen-bond acceptors (Lipinski definition) is 6. The Hall–Kier alpha value is -1.29. The second kappa shape index (κ2) is 8.19. The first-order valence-corrected chi connectivity index (χ1v) is 8.23. The number of thiocarbonyl (C=S) groups is 1. The Bertz CT molecular complexity index is 569. The Labute approximate surface area is 146 Å². The summed E-state index contributed by atoms with van der Waals surface area (Å²) in [7, 11) is 0. The second-order valence-corrected chi connectivity index (χ2v) is 6.50. The third kappa shape index (κ3) is 4.21. The molecule has 5 unspecified atom stereocenters.